The second-order valence-corrected chi connectivity index (χ2v) is 4.74. The number of hydrogen-bond acceptors (Lipinski definition) is 3. The third kappa shape index (κ3) is 2.81. The molecule has 1 aliphatic carbocycles. The maximum Gasteiger partial charge on any atom is 0.339 e. The molecule has 4 nitrogen and oxygen atoms in total. The molecule has 0 bridgehead atoms. The van der Waals surface area contributed by atoms with Crippen LogP contribution < -0.4 is 4.74 Å². The summed E-state index contributed by atoms with van der Waals surface area (Å²) in [5, 5.41) is 9.22. The zero-order valence-corrected chi connectivity index (χ0v) is 10.7. The smallest absolute Gasteiger partial charge is 0.339 e. The Morgan fingerprint density at radius 2 is 2.22 bits per heavy atom. The van der Waals surface area contributed by atoms with Gasteiger partial charge in [0.1, 0.15) is 5.56 Å². The molecule has 0 saturated heterocycles. The lowest BCUT2D eigenvalue weighted by Gasteiger charge is -2.12. The Balaban J connectivity index is 2.24. The third-order valence-corrected chi connectivity index (χ3v) is 3.35. The van der Waals surface area contributed by atoms with E-state index in [1.807, 2.05) is 6.92 Å². The van der Waals surface area contributed by atoms with Gasteiger partial charge in [0.25, 0.3) is 0 Å². The third-order valence-electron chi connectivity index (χ3n) is 3.35. The summed E-state index contributed by atoms with van der Waals surface area (Å²) in [5.41, 5.74) is 1.13. The van der Waals surface area contributed by atoms with E-state index < -0.39 is 5.97 Å². The van der Waals surface area contributed by atoms with Crippen LogP contribution in [-0.4, -0.2) is 22.7 Å². The van der Waals surface area contributed by atoms with Crippen molar-refractivity contribution < 1.29 is 14.6 Å². The summed E-state index contributed by atoms with van der Waals surface area (Å²) in [6.45, 7) is 2.51. The number of ether oxygens (including phenoxy) is 1. The van der Waals surface area contributed by atoms with Gasteiger partial charge in [0.05, 0.1) is 12.8 Å². The van der Waals surface area contributed by atoms with Crippen molar-refractivity contribution in [3.63, 3.8) is 0 Å². The molecule has 1 saturated carbocycles. The number of hydrogen-bond donors (Lipinski definition) is 1. The molecule has 1 aliphatic rings. The van der Waals surface area contributed by atoms with Gasteiger partial charge in [-0.05, 0) is 25.3 Å². The maximum absolute atomic E-state index is 11.2. The molecule has 4 heteroatoms. The van der Waals surface area contributed by atoms with Crippen LogP contribution in [0.15, 0.2) is 12.3 Å². The number of rotatable bonds is 5. The van der Waals surface area contributed by atoms with Gasteiger partial charge < -0.3 is 9.84 Å². The van der Waals surface area contributed by atoms with E-state index in [0.29, 0.717) is 18.3 Å². The molecule has 1 aromatic rings. The lowest BCUT2D eigenvalue weighted by molar-refractivity contribution is 0.0692. The highest BCUT2D eigenvalue weighted by Crippen LogP contribution is 2.34. The van der Waals surface area contributed by atoms with Crippen molar-refractivity contribution in [3.05, 3.63) is 23.5 Å². The lowest BCUT2D eigenvalue weighted by Crippen LogP contribution is -2.07. The van der Waals surface area contributed by atoms with Gasteiger partial charge in [-0.2, -0.15) is 0 Å². The van der Waals surface area contributed by atoms with Crippen molar-refractivity contribution in [2.75, 3.05) is 6.61 Å². The highest BCUT2D eigenvalue weighted by molar-refractivity contribution is 5.90. The topological polar surface area (TPSA) is 59.4 Å². The van der Waals surface area contributed by atoms with E-state index in [1.54, 1.807) is 12.3 Å². The van der Waals surface area contributed by atoms with E-state index in [0.717, 1.165) is 25.0 Å². The van der Waals surface area contributed by atoms with Gasteiger partial charge >= 0.3 is 5.97 Å². The van der Waals surface area contributed by atoms with Crippen molar-refractivity contribution in [2.45, 2.75) is 44.9 Å². The molecular formula is C14H19NO3. The van der Waals surface area contributed by atoms with Crippen molar-refractivity contribution in [1.82, 2.24) is 4.98 Å². The molecule has 1 heterocycles. The summed E-state index contributed by atoms with van der Waals surface area (Å²) in [5.74, 6) is -0.142. The van der Waals surface area contributed by atoms with E-state index in [9.17, 15) is 9.90 Å². The molecule has 0 atom stereocenters. The normalized spacial score (nSPS) is 15.8. The number of carboxylic acid groups (broad SMARTS) is 1. The Kier molecular flexibility index (Phi) is 4.18. The zero-order valence-electron chi connectivity index (χ0n) is 10.7. The average Bonchev–Trinajstić information content (AvgIpc) is 2.90. The summed E-state index contributed by atoms with van der Waals surface area (Å²) in [6, 6.07) is 1.68. The molecular weight excluding hydrogens is 230 g/mol. The van der Waals surface area contributed by atoms with Crippen LogP contribution in [0.1, 0.15) is 61.0 Å². The second kappa shape index (κ2) is 5.85. The van der Waals surface area contributed by atoms with E-state index in [1.165, 1.54) is 12.8 Å². The molecule has 0 spiro atoms. The van der Waals surface area contributed by atoms with E-state index in [-0.39, 0.29) is 5.56 Å². The Morgan fingerprint density at radius 1 is 1.50 bits per heavy atom. The van der Waals surface area contributed by atoms with Crippen molar-refractivity contribution >= 4 is 5.97 Å². The van der Waals surface area contributed by atoms with Crippen molar-refractivity contribution in [1.29, 1.82) is 0 Å². The van der Waals surface area contributed by atoms with E-state index in [4.69, 9.17) is 4.74 Å². The first-order valence-corrected chi connectivity index (χ1v) is 6.58. The minimum atomic E-state index is -0.942. The van der Waals surface area contributed by atoms with Gasteiger partial charge in [0.15, 0.2) is 5.75 Å². The first-order chi connectivity index (χ1) is 8.72. The number of pyridine rings is 1. The molecule has 0 unspecified atom stereocenters. The lowest BCUT2D eigenvalue weighted by atomic mass is 10.0. The second-order valence-electron chi connectivity index (χ2n) is 4.74. The molecule has 98 valence electrons. The minimum absolute atomic E-state index is 0.236. The summed E-state index contributed by atoms with van der Waals surface area (Å²) >= 11 is 0. The largest absolute Gasteiger partial charge is 0.491 e. The average molecular weight is 249 g/mol. The summed E-state index contributed by atoms with van der Waals surface area (Å²) in [6.07, 6.45) is 7.06. The highest BCUT2D eigenvalue weighted by atomic mass is 16.5. The van der Waals surface area contributed by atoms with Crippen LogP contribution in [0.4, 0.5) is 0 Å². The highest BCUT2D eigenvalue weighted by Gasteiger charge is 2.21. The summed E-state index contributed by atoms with van der Waals surface area (Å²) in [7, 11) is 0. The van der Waals surface area contributed by atoms with Crippen LogP contribution in [0, 0.1) is 0 Å². The van der Waals surface area contributed by atoms with Crippen LogP contribution in [0.2, 0.25) is 0 Å². The molecule has 1 N–H and O–H groups in total. The van der Waals surface area contributed by atoms with Crippen LogP contribution in [0.3, 0.4) is 0 Å². The van der Waals surface area contributed by atoms with Crippen LogP contribution in [-0.2, 0) is 0 Å². The SMILES string of the molecule is CCCOc1cnc(C2CCCC2)cc1C(=O)O. The molecule has 2 rings (SSSR count). The molecule has 18 heavy (non-hydrogen) atoms. The first-order valence-electron chi connectivity index (χ1n) is 6.58. The fraction of sp³-hybridized carbons (Fsp3) is 0.571. The summed E-state index contributed by atoms with van der Waals surface area (Å²) < 4.78 is 5.42. The number of nitrogens with zero attached hydrogens (tertiary/aromatic N) is 1. The minimum Gasteiger partial charge on any atom is -0.491 e. The summed E-state index contributed by atoms with van der Waals surface area (Å²) in [4.78, 5) is 15.6. The van der Waals surface area contributed by atoms with Gasteiger partial charge in [-0.1, -0.05) is 19.8 Å². The van der Waals surface area contributed by atoms with Crippen LogP contribution in [0.25, 0.3) is 0 Å². The van der Waals surface area contributed by atoms with Crippen LogP contribution >= 0.6 is 0 Å². The molecule has 1 aromatic heterocycles. The van der Waals surface area contributed by atoms with Gasteiger partial charge in [-0.3, -0.25) is 4.98 Å². The number of carboxylic acids is 1. The van der Waals surface area contributed by atoms with E-state index in [2.05, 4.69) is 4.98 Å². The Morgan fingerprint density at radius 3 is 2.83 bits per heavy atom. The number of carbonyl (C=O) groups is 1. The zero-order chi connectivity index (χ0) is 13.0. The molecule has 0 aliphatic heterocycles. The van der Waals surface area contributed by atoms with Gasteiger partial charge in [-0.25, -0.2) is 4.79 Å². The van der Waals surface area contributed by atoms with Gasteiger partial charge in [0.2, 0.25) is 0 Å². The predicted molar refractivity (Wildman–Crippen MR) is 68.2 cm³/mol. The first kappa shape index (κ1) is 12.9. The van der Waals surface area contributed by atoms with Crippen molar-refractivity contribution in [3.8, 4) is 5.75 Å². The fourth-order valence-corrected chi connectivity index (χ4v) is 2.40. The Bertz CT molecular complexity index is 425. The Hall–Kier alpha value is -1.58. The maximum atomic E-state index is 11.2. The quantitative estimate of drug-likeness (QED) is 0.870. The standard InChI is InChI=1S/C14H19NO3/c1-2-7-18-13-9-15-12(8-11(13)14(16)17)10-5-3-4-6-10/h8-10H,2-7H2,1H3,(H,16,17). The number of aromatic nitrogens is 1. The predicted octanol–water partition coefficient (Wildman–Crippen LogP) is 3.23. The molecule has 1 fully saturated rings. The number of aromatic carboxylic acids is 1. The van der Waals surface area contributed by atoms with Gasteiger partial charge in [-0.15, -0.1) is 0 Å². The van der Waals surface area contributed by atoms with Crippen LogP contribution in [0.5, 0.6) is 5.75 Å². The van der Waals surface area contributed by atoms with Crippen molar-refractivity contribution in [2.24, 2.45) is 0 Å². The molecule has 0 aromatic carbocycles. The molecule has 0 amide bonds. The van der Waals surface area contributed by atoms with E-state index >= 15 is 0 Å². The Labute approximate surface area is 107 Å². The fourth-order valence-electron chi connectivity index (χ4n) is 2.40. The molecule has 0 radical (unpaired) electrons. The van der Waals surface area contributed by atoms with Gasteiger partial charge in [0, 0.05) is 11.6 Å². The monoisotopic (exact) mass is 249 g/mol.